The zero-order valence-corrected chi connectivity index (χ0v) is 14.2. The second kappa shape index (κ2) is 5.72. The molecule has 0 saturated carbocycles. The first-order valence-corrected chi connectivity index (χ1v) is 8.69. The number of pyridine rings is 1. The number of piperazine rings is 1. The molecule has 0 spiro atoms. The Balaban J connectivity index is 1.55. The van der Waals surface area contributed by atoms with Gasteiger partial charge in [0.15, 0.2) is 11.6 Å². The van der Waals surface area contributed by atoms with Gasteiger partial charge in [0.2, 0.25) is 0 Å². The molecule has 1 aromatic rings. The highest BCUT2D eigenvalue weighted by atomic mass is 19.3. The minimum Gasteiger partial charge on any atom is -0.490 e. The Morgan fingerprint density at radius 3 is 2.79 bits per heavy atom. The highest BCUT2D eigenvalue weighted by molar-refractivity contribution is 5.62. The van der Waals surface area contributed by atoms with Crippen molar-refractivity contribution in [1.29, 1.82) is 0 Å². The summed E-state index contributed by atoms with van der Waals surface area (Å²) >= 11 is 0. The van der Waals surface area contributed by atoms with Crippen molar-refractivity contribution in [3.63, 3.8) is 0 Å². The molecule has 132 valence electrons. The Morgan fingerprint density at radius 1 is 1.29 bits per heavy atom. The third-order valence-corrected chi connectivity index (χ3v) is 5.25. The van der Waals surface area contributed by atoms with Gasteiger partial charge < -0.3 is 14.5 Å². The third-order valence-electron chi connectivity index (χ3n) is 5.25. The van der Waals surface area contributed by atoms with E-state index in [1.807, 2.05) is 6.07 Å². The van der Waals surface area contributed by atoms with Gasteiger partial charge in [0.05, 0.1) is 31.6 Å². The molecular formula is C17H24F2N4O. The fraction of sp³-hybridized carbons (Fsp3) is 0.706. The monoisotopic (exact) mass is 338 g/mol. The number of ether oxygens (including phenoxy) is 1. The Labute approximate surface area is 141 Å². The minimum atomic E-state index is -2.58. The summed E-state index contributed by atoms with van der Waals surface area (Å²) < 4.78 is 32.1. The summed E-state index contributed by atoms with van der Waals surface area (Å²) in [7, 11) is 0. The molecule has 4 rings (SSSR count). The van der Waals surface area contributed by atoms with Crippen LogP contribution in [0.1, 0.15) is 20.3 Å². The second-order valence-corrected chi connectivity index (χ2v) is 7.30. The van der Waals surface area contributed by atoms with Crippen LogP contribution in [-0.2, 0) is 0 Å². The Morgan fingerprint density at radius 2 is 2.08 bits per heavy atom. The molecule has 3 aliphatic heterocycles. The van der Waals surface area contributed by atoms with Gasteiger partial charge in [-0.2, -0.15) is 0 Å². The summed E-state index contributed by atoms with van der Waals surface area (Å²) in [6.07, 6.45) is 2.66. The smallest absolute Gasteiger partial charge is 0.282 e. The molecule has 0 aliphatic carbocycles. The van der Waals surface area contributed by atoms with Crippen LogP contribution in [0.4, 0.5) is 20.3 Å². The van der Waals surface area contributed by atoms with E-state index in [-0.39, 0.29) is 13.1 Å². The predicted octanol–water partition coefficient (Wildman–Crippen LogP) is 2.22. The predicted molar refractivity (Wildman–Crippen MR) is 89.4 cm³/mol. The van der Waals surface area contributed by atoms with Crippen LogP contribution in [0.2, 0.25) is 0 Å². The molecule has 2 fully saturated rings. The van der Waals surface area contributed by atoms with E-state index in [0.29, 0.717) is 18.7 Å². The summed E-state index contributed by atoms with van der Waals surface area (Å²) in [4.78, 5) is 11.0. The van der Waals surface area contributed by atoms with Crippen LogP contribution in [0.5, 0.6) is 5.75 Å². The number of rotatable bonds is 2. The van der Waals surface area contributed by atoms with Crippen LogP contribution in [0, 0.1) is 0 Å². The summed E-state index contributed by atoms with van der Waals surface area (Å²) in [5, 5.41) is 0. The molecule has 5 nitrogen and oxygen atoms in total. The van der Waals surface area contributed by atoms with Crippen molar-refractivity contribution in [2.24, 2.45) is 0 Å². The largest absolute Gasteiger partial charge is 0.490 e. The summed E-state index contributed by atoms with van der Waals surface area (Å²) in [6, 6.07) is 2.81. The quantitative estimate of drug-likeness (QED) is 0.825. The van der Waals surface area contributed by atoms with E-state index in [1.54, 1.807) is 11.1 Å². The summed E-state index contributed by atoms with van der Waals surface area (Å²) in [6.45, 7) is 7.58. The average Bonchev–Trinajstić information content (AvgIpc) is 2.70. The van der Waals surface area contributed by atoms with E-state index >= 15 is 0 Å². The third kappa shape index (κ3) is 2.79. The van der Waals surface area contributed by atoms with Crippen LogP contribution >= 0.6 is 0 Å². The van der Waals surface area contributed by atoms with Gasteiger partial charge >= 0.3 is 0 Å². The maximum absolute atomic E-state index is 13.1. The fourth-order valence-corrected chi connectivity index (χ4v) is 3.80. The van der Waals surface area contributed by atoms with Gasteiger partial charge in [-0.05, 0) is 13.8 Å². The highest BCUT2D eigenvalue weighted by Crippen LogP contribution is 2.38. The van der Waals surface area contributed by atoms with Gasteiger partial charge in [0.1, 0.15) is 0 Å². The number of aromatic nitrogens is 1. The zero-order valence-electron chi connectivity index (χ0n) is 14.2. The SMILES string of the molecule is CC(C)N1CCN2c3ncc(N4CC(F)(F)C4)cc3OCCC2C1. The maximum Gasteiger partial charge on any atom is 0.282 e. The van der Waals surface area contributed by atoms with Crippen molar-refractivity contribution in [3.8, 4) is 5.75 Å². The van der Waals surface area contributed by atoms with Crippen LogP contribution in [0.25, 0.3) is 0 Å². The molecule has 1 aromatic heterocycles. The molecule has 1 unspecified atom stereocenters. The van der Waals surface area contributed by atoms with Crippen LogP contribution in [-0.4, -0.2) is 67.2 Å². The van der Waals surface area contributed by atoms with Crippen molar-refractivity contribution < 1.29 is 13.5 Å². The Bertz CT molecular complexity index is 617. The zero-order chi connectivity index (χ0) is 16.9. The Hall–Kier alpha value is -1.63. The normalized spacial score (nSPS) is 26.3. The van der Waals surface area contributed by atoms with Crippen LogP contribution in [0.15, 0.2) is 12.3 Å². The number of nitrogens with zero attached hydrogens (tertiary/aromatic N) is 4. The topological polar surface area (TPSA) is 31.8 Å². The lowest BCUT2D eigenvalue weighted by atomic mass is 10.1. The first-order chi connectivity index (χ1) is 11.4. The first kappa shape index (κ1) is 15.9. The van der Waals surface area contributed by atoms with Gasteiger partial charge in [0, 0.05) is 44.2 Å². The van der Waals surface area contributed by atoms with E-state index in [0.717, 1.165) is 43.3 Å². The number of hydrogen-bond donors (Lipinski definition) is 0. The van der Waals surface area contributed by atoms with Gasteiger partial charge in [-0.3, -0.25) is 4.90 Å². The minimum absolute atomic E-state index is 0.233. The molecule has 0 bridgehead atoms. The highest BCUT2D eigenvalue weighted by Gasteiger charge is 2.44. The van der Waals surface area contributed by atoms with E-state index < -0.39 is 5.92 Å². The molecule has 0 N–H and O–H groups in total. The molecule has 24 heavy (non-hydrogen) atoms. The number of fused-ring (bicyclic) bond motifs is 3. The molecule has 0 radical (unpaired) electrons. The lowest BCUT2D eigenvalue weighted by molar-refractivity contribution is -0.0263. The van der Waals surface area contributed by atoms with Crippen molar-refractivity contribution in [2.45, 2.75) is 38.3 Å². The number of halogens is 2. The number of hydrogen-bond acceptors (Lipinski definition) is 5. The lowest BCUT2D eigenvalue weighted by Gasteiger charge is -2.43. The lowest BCUT2D eigenvalue weighted by Crippen LogP contribution is -2.56. The van der Waals surface area contributed by atoms with Gasteiger partial charge in [-0.15, -0.1) is 0 Å². The van der Waals surface area contributed by atoms with Gasteiger partial charge in [0.25, 0.3) is 5.92 Å². The molecule has 4 heterocycles. The summed E-state index contributed by atoms with van der Waals surface area (Å²) in [5.74, 6) is -0.994. The number of alkyl halides is 2. The van der Waals surface area contributed by atoms with Crippen molar-refractivity contribution >= 4 is 11.5 Å². The van der Waals surface area contributed by atoms with E-state index in [2.05, 4.69) is 28.6 Å². The molecule has 1 atom stereocenters. The number of anilines is 2. The molecule has 2 saturated heterocycles. The van der Waals surface area contributed by atoms with E-state index in [1.165, 1.54) is 0 Å². The van der Waals surface area contributed by atoms with Crippen LogP contribution < -0.4 is 14.5 Å². The van der Waals surface area contributed by atoms with Gasteiger partial charge in [-0.1, -0.05) is 0 Å². The average molecular weight is 338 g/mol. The van der Waals surface area contributed by atoms with Crippen LogP contribution in [0.3, 0.4) is 0 Å². The van der Waals surface area contributed by atoms with E-state index in [4.69, 9.17) is 4.74 Å². The fourth-order valence-electron chi connectivity index (χ4n) is 3.80. The van der Waals surface area contributed by atoms with Crippen molar-refractivity contribution in [3.05, 3.63) is 12.3 Å². The van der Waals surface area contributed by atoms with Gasteiger partial charge in [-0.25, -0.2) is 13.8 Å². The molecule has 0 amide bonds. The molecule has 0 aromatic carbocycles. The summed E-state index contributed by atoms with van der Waals surface area (Å²) in [5.41, 5.74) is 0.721. The standard InChI is InChI=1S/C17H24F2N4O/c1-12(2)21-4-5-23-13(9-21)3-6-24-15-7-14(8-20-16(15)23)22-10-17(18,19)11-22/h7-8,12-13H,3-6,9-11H2,1-2H3. The molecule has 3 aliphatic rings. The first-order valence-electron chi connectivity index (χ1n) is 8.69. The molecular weight excluding hydrogens is 314 g/mol. The van der Waals surface area contributed by atoms with Crippen molar-refractivity contribution in [2.75, 3.05) is 49.1 Å². The maximum atomic E-state index is 13.1. The van der Waals surface area contributed by atoms with E-state index in [9.17, 15) is 8.78 Å². The second-order valence-electron chi connectivity index (χ2n) is 7.30. The molecule has 7 heteroatoms. The Kier molecular flexibility index (Phi) is 3.78. The van der Waals surface area contributed by atoms with Crippen molar-refractivity contribution in [1.82, 2.24) is 9.88 Å².